The predicted molar refractivity (Wildman–Crippen MR) is 100 cm³/mol. The van der Waals surface area contributed by atoms with Crippen molar-refractivity contribution in [2.75, 3.05) is 0 Å². The largest absolute Gasteiger partial charge is 0.480 e. The van der Waals surface area contributed by atoms with E-state index in [1.165, 1.54) is 0 Å². The van der Waals surface area contributed by atoms with E-state index in [0.717, 1.165) is 18.4 Å². The standard InChI is InChI=1S/C21H18ClNO3/c22-18-11-10-17(13-16(18)9-8-14-4-2-1-3-5-14)20(24)23-19(21(25)26)12-15-6-7-15/h1-5,10-11,13,15,19H,6-7,12H2,(H,23,24)(H,25,26). The number of carbonyl (C=O) groups excluding carboxylic acids is 1. The summed E-state index contributed by atoms with van der Waals surface area (Å²) < 4.78 is 0. The lowest BCUT2D eigenvalue weighted by atomic mass is 10.1. The molecule has 26 heavy (non-hydrogen) atoms. The third-order valence-electron chi connectivity index (χ3n) is 4.21. The molecule has 2 aromatic carbocycles. The van der Waals surface area contributed by atoms with Gasteiger partial charge in [-0.3, -0.25) is 4.79 Å². The van der Waals surface area contributed by atoms with E-state index in [2.05, 4.69) is 17.2 Å². The molecule has 1 aliphatic carbocycles. The van der Waals surface area contributed by atoms with E-state index >= 15 is 0 Å². The maximum atomic E-state index is 12.4. The molecule has 1 aliphatic rings. The Kier molecular flexibility index (Phi) is 5.60. The van der Waals surface area contributed by atoms with Gasteiger partial charge >= 0.3 is 5.97 Å². The Morgan fingerprint density at radius 1 is 1.15 bits per heavy atom. The van der Waals surface area contributed by atoms with Crippen molar-refractivity contribution in [1.82, 2.24) is 5.32 Å². The monoisotopic (exact) mass is 367 g/mol. The second-order valence-corrected chi connectivity index (χ2v) is 6.76. The third-order valence-corrected chi connectivity index (χ3v) is 4.54. The van der Waals surface area contributed by atoms with Crippen molar-refractivity contribution in [3.63, 3.8) is 0 Å². The van der Waals surface area contributed by atoms with Crippen LogP contribution in [0.5, 0.6) is 0 Å². The zero-order valence-corrected chi connectivity index (χ0v) is 14.8. The molecule has 1 unspecified atom stereocenters. The lowest BCUT2D eigenvalue weighted by Crippen LogP contribution is -2.41. The van der Waals surface area contributed by atoms with E-state index in [-0.39, 0.29) is 0 Å². The van der Waals surface area contributed by atoms with Gasteiger partial charge in [0.25, 0.3) is 5.91 Å². The highest BCUT2D eigenvalue weighted by Crippen LogP contribution is 2.33. The molecule has 0 radical (unpaired) electrons. The Morgan fingerprint density at radius 2 is 1.88 bits per heavy atom. The Morgan fingerprint density at radius 3 is 2.54 bits per heavy atom. The summed E-state index contributed by atoms with van der Waals surface area (Å²) in [6, 6.07) is 13.3. The highest BCUT2D eigenvalue weighted by atomic mass is 35.5. The fourth-order valence-corrected chi connectivity index (χ4v) is 2.74. The molecule has 0 aliphatic heterocycles. The lowest BCUT2D eigenvalue weighted by molar-refractivity contribution is -0.139. The van der Waals surface area contributed by atoms with Crippen LogP contribution < -0.4 is 5.32 Å². The maximum absolute atomic E-state index is 12.4. The number of carbonyl (C=O) groups is 2. The van der Waals surface area contributed by atoms with Crippen LogP contribution in [0.25, 0.3) is 0 Å². The van der Waals surface area contributed by atoms with Crippen molar-refractivity contribution >= 4 is 23.5 Å². The Balaban J connectivity index is 1.76. The van der Waals surface area contributed by atoms with E-state index in [4.69, 9.17) is 11.6 Å². The van der Waals surface area contributed by atoms with E-state index in [0.29, 0.717) is 28.5 Å². The highest BCUT2D eigenvalue weighted by molar-refractivity contribution is 6.31. The van der Waals surface area contributed by atoms with Crippen LogP contribution in [0.4, 0.5) is 0 Å². The molecule has 1 atom stereocenters. The van der Waals surface area contributed by atoms with Gasteiger partial charge in [0.15, 0.2) is 0 Å². The fraction of sp³-hybridized carbons (Fsp3) is 0.238. The number of amides is 1. The summed E-state index contributed by atoms with van der Waals surface area (Å²) in [5, 5.41) is 12.3. The zero-order valence-electron chi connectivity index (χ0n) is 14.0. The van der Waals surface area contributed by atoms with Gasteiger partial charge in [0.05, 0.1) is 5.02 Å². The highest BCUT2D eigenvalue weighted by Gasteiger charge is 2.30. The number of carboxylic acid groups (broad SMARTS) is 1. The number of aliphatic carboxylic acids is 1. The summed E-state index contributed by atoms with van der Waals surface area (Å²) in [5.74, 6) is 4.92. The SMILES string of the molecule is O=C(NC(CC1CC1)C(=O)O)c1ccc(Cl)c(C#Cc2ccccc2)c1. The number of rotatable bonds is 5. The van der Waals surface area contributed by atoms with Gasteiger partial charge < -0.3 is 10.4 Å². The van der Waals surface area contributed by atoms with E-state index < -0.39 is 17.9 Å². The topological polar surface area (TPSA) is 66.4 Å². The smallest absolute Gasteiger partial charge is 0.326 e. The molecule has 3 rings (SSSR count). The summed E-state index contributed by atoms with van der Waals surface area (Å²) in [7, 11) is 0. The Hall–Kier alpha value is -2.77. The minimum absolute atomic E-state index is 0.341. The first-order chi connectivity index (χ1) is 12.5. The predicted octanol–water partition coefficient (Wildman–Crippen LogP) is 3.72. The first-order valence-electron chi connectivity index (χ1n) is 8.43. The Bertz CT molecular complexity index is 879. The molecule has 4 nitrogen and oxygen atoms in total. The van der Waals surface area contributed by atoms with Gasteiger partial charge in [0, 0.05) is 16.7 Å². The molecular formula is C21H18ClNO3. The molecule has 1 fully saturated rings. The number of nitrogens with one attached hydrogen (secondary N) is 1. The molecule has 1 saturated carbocycles. The van der Waals surface area contributed by atoms with Gasteiger partial charge in [0.1, 0.15) is 6.04 Å². The van der Waals surface area contributed by atoms with Crippen molar-refractivity contribution in [3.8, 4) is 11.8 Å². The van der Waals surface area contributed by atoms with E-state index in [1.54, 1.807) is 18.2 Å². The summed E-state index contributed by atoms with van der Waals surface area (Å²) in [6.45, 7) is 0. The summed E-state index contributed by atoms with van der Waals surface area (Å²) in [5.41, 5.74) is 1.71. The van der Waals surface area contributed by atoms with Gasteiger partial charge in [-0.1, -0.05) is 54.5 Å². The van der Waals surface area contributed by atoms with Crippen LogP contribution in [0, 0.1) is 17.8 Å². The van der Waals surface area contributed by atoms with Crippen LogP contribution in [-0.4, -0.2) is 23.0 Å². The van der Waals surface area contributed by atoms with Crippen molar-refractivity contribution < 1.29 is 14.7 Å². The number of hydrogen-bond donors (Lipinski definition) is 2. The van der Waals surface area contributed by atoms with Crippen LogP contribution in [0.3, 0.4) is 0 Å². The minimum atomic E-state index is -1.01. The molecule has 2 aromatic rings. The van der Waals surface area contributed by atoms with Crippen molar-refractivity contribution in [3.05, 3.63) is 70.2 Å². The van der Waals surface area contributed by atoms with Crippen LogP contribution in [0.2, 0.25) is 5.02 Å². The van der Waals surface area contributed by atoms with Gasteiger partial charge in [-0.25, -0.2) is 4.79 Å². The van der Waals surface area contributed by atoms with E-state index in [9.17, 15) is 14.7 Å². The van der Waals surface area contributed by atoms with Crippen molar-refractivity contribution in [2.24, 2.45) is 5.92 Å². The first kappa shape index (κ1) is 18.0. The van der Waals surface area contributed by atoms with Crippen LogP contribution in [0.1, 0.15) is 40.7 Å². The van der Waals surface area contributed by atoms with Gasteiger partial charge in [-0.15, -0.1) is 0 Å². The summed E-state index contributed by atoms with van der Waals surface area (Å²) in [4.78, 5) is 23.8. The molecule has 0 spiro atoms. The number of halogens is 1. The van der Waals surface area contributed by atoms with E-state index in [1.807, 2.05) is 30.3 Å². The fourth-order valence-electron chi connectivity index (χ4n) is 2.57. The van der Waals surface area contributed by atoms with Crippen molar-refractivity contribution in [2.45, 2.75) is 25.3 Å². The first-order valence-corrected chi connectivity index (χ1v) is 8.81. The van der Waals surface area contributed by atoms with Crippen LogP contribution >= 0.6 is 11.6 Å². The van der Waals surface area contributed by atoms with Crippen LogP contribution in [-0.2, 0) is 4.79 Å². The molecule has 0 saturated heterocycles. The lowest BCUT2D eigenvalue weighted by Gasteiger charge is -2.14. The maximum Gasteiger partial charge on any atom is 0.326 e. The summed E-state index contributed by atoms with van der Waals surface area (Å²) in [6.07, 6.45) is 2.52. The molecule has 5 heteroatoms. The molecule has 1 amide bonds. The molecular weight excluding hydrogens is 350 g/mol. The summed E-state index contributed by atoms with van der Waals surface area (Å²) >= 11 is 6.17. The zero-order chi connectivity index (χ0) is 18.5. The Labute approximate surface area is 157 Å². The molecule has 0 aromatic heterocycles. The second-order valence-electron chi connectivity index (χ2n) is 6.35. The van der Waals surface area contributed by atoms with Gasteiger partial charge in [-0.05, 0) is 42.7 Å². The molecule has 0 heterocycles. The number of carboxylic acids is 1. The molecule has 132 valence electrons. The molecule has 2 N–H and O–H groups in total. The second kappa shape index (κ2) is 8.07. The normalized spacial score (nSPS) is 14.0. The minimum Gasteiger partial charge on any atom is -0.480 e. The third kappa shape index (κ3) is 4.87. The average molecular weight is 368 g/mol. The van der Waals surface area contributed by atoms with Gasteiger partial charge in [0.2, 0.25) is 0 Å². The number of benzene rings is 2. The molecule has 0 bridgehead atoms. The average Bonchev–Trinajstić information content (AvgIpc) is 3.45. The van der Waals surface area contributed by atoms with Gasteiger partial charge in [-0.2, -0.15) is 0 Å². The quantitative estimate of drug-likeness (QED) is 0.791. The van der Waals surface area contributed by atoms with Crippen LogP contribution in [0.15, 0.2) is 48.5 Å². The van der Waals surface area contributed by atoms with Crippen molar-refractivity contribution in [1.29, 1.82) is 0 Å². The number of hydrogen-bond acceptors (Lipinski definition) is 2.